The molecule has 20 heavy (non-hydrogen) atoms. The van der Waals surface area contributed by atoms with Crippen LogP contribution in [0.1, 0.15) is 44.7 Å². The maximum atomic E-state index is 11.6. The van der Waals surface area contributed by atoms with Crippen molar-refractivity contribution < 1.29 is 9.59 Å². The van der Waals surface area contributed by atoms with Gasteiger partial charge in [-0.15, -0.1) is 0 Å². The first-order valence-electron chi connectivity index (χ1n) is 6.98. The van der Waals surface area contributed by atoms with E-state index in [2.05, 4.69) is 24.5 Å². The van der Waals surface area contributed by atoms with Gasteiger partial charge < -0.3 is 16.4 Å². The summed E-state index contributed by atoms with van der Waals surface area (Å²) in [5, 5.41) is 5.45. The van der Waals surface area contributed by atoms with Gasteiger partial charge in [-0.25, -0.2) is 0 Å². The van der Waals surface area contributed by atoms with Crippen LogP contribution in [0.4, 0.5) is 11.4 Å². The Kier molecular flexibility index (Phi) is 4.39. The van der Waals surface area contributed by atoms with Crippen molar-refractivity contribution in [3.63, 3.8) is 0 Å². The molecule has 1 heterocycles. The Labute approximate surface area is 118 Å². The molecule has 5 nitrogen and oxygen atoms in total. The molecule has 0 spiro atoms. The minimum atomic E-state index is -0.297. The molecule has 0 radical (unpaired) electrons. The Hall–Kier alpha value is -1.88. The quantitative estimate of drug-likeness (QED) is 0.738. The Morgan fingerprint density at radius 2 is 1.85 bits per heavy atom. The van der Waals surface area contributed by atoms with Crippen LogP contribution in [0.5, 0.6) is 0 Å². The van der Waals surface area contributed by atoms with E-state index in [0.29, 0.717) is 17.3 Å². The number of rotatable bonds is 4. The standard InChI is InChI=1S/C15H21N3O2/c1-3-9(2)6-11(16)10-4-5-12-13(7-10)18-15(20)8-14(19)17-12/h4-5,7,9,11H,3,6,8,16H2,1-2H3,(H,17,19)(H,18,20). The van der Waals surface area contributed by atoms with E-state index in [4.69, 9.17) is 5.73 Å². The van der Waals surface area contributed by atoms with Gasteiger partial charge in [-0.05, 0) is 30.0 Å². The lowest BCUT2D eigenvalue weighted by Crippen LogP contribution is -2.16. The molecule has 0 saturated heterocycles. The third kappa shape index (κ3) is 3.36. The number of nitrogens with one attached hydrogen (secondary N) is 2. The largest absolute Gasteiger partial charge is 0.324 e. The molecule has 1 aromatic carbocycles. The summed E-state index contributed by atoms with van der Waals surface area (Å²) in [6.07, 6.45) is 1.84. The van der Waals surface area contributed by atoms with Crippen LogP contribution in [0.3, 0.4) is 0 Å². The molecule has 1 aromatic rings. The predicted molar refractivity (Wildman–Crippen MR) is 79.3 cm³/mol. The van der Waals surface area contributed by atoms with Crippen molar-refractivity contribution in [2.45, 2.75) is 39.2 Å². The molecule has 2 amide bonds. The van der Waals surface area contributed by atoms with Crippen LogP contribution in [0.2, 0.25) is 0 Å². The van der Waals surface area contributed by atoms with Gasteiger partial charge >= 0.3 is 0 Å². The predicted octanol–water partition coefficient (Wildman–Crippen LogP) is 2.40. The fourth-order valence-electron chi connectivity index (χ4n) is 2.28. The Balaban J connectivity index is 2.22. The molecular weight excluding hydrogens is 254 g/mol. The van der Waals surface area contributed by atoms with Gasteiger partial charge in [0.25, 0.3) is 0 Å². The molecule has 0 bridgehead atoms. The zero-order valence-electron chi connectivity index (χ0n) is 11.9. The first-order valence-corrected chi connectivity index (χ1v) is 6.98. The summed E-state index contributed by atoms with van der Waals surface area (Å²) in [6, 6.07) is 5.49. The summed E-state index contributed by atoms with van der Waals surface area (Å²) in [6.45, 7) is 4.31. The van der Waals surface area contributed by atoms with Gasteiger partial charge in [-0.1, -0.05) is 26.3 Å². The van der Waals surface area contributed by atoms with Crippen LogP contribution in [-0.2, 0) is 9.59 Å². The SMILES string of the molecule is CCC(C)CC(N)c1ccc2c(c1)NC(=O)CC(=O)N2. The molecule has 4 N–H and O–H groups in total. The zero-order valence-corrected chi connectivity index (χ0v) is 11.9. The van der Waals surface area contributed by atoms with Crippen LogP contribution in [0.25, 0.3) is 0 Å². The third-order valence-corrected chi connectivity index (χ3v) is 3.69. The van der Waals surface area contributed by atoms with Crippen LogP contribution >= 0.6 is 0 Å². The van der Waals surface area contributed by atoms with E-state index in [1.54, 1.807) is 6.07 Å². The normalized spacial score (nSPS) is 17.6. The smallest absolute Gasteiger partial charge is 0.233 e. The zero-order chi connectivity index (χ0) is 14.7. The Morgan fingerprint density at radius 3 is 2.50 bits per heavy atom. The number of carbonyl (C=O) groups is 2. The fraction of sp³-hybridized carbons (Fsp3) is 0.467. The summed E-state index contributed by atoms with van der Waals surface area (Å²) in [4.78, 5) is 23.0. The highest BCUT2D eigenvalue weighted by atomic mass is 16.2. The van der Waals surface area contributed by atoms with E-state index < -0.39 is 0 Å². The van der Waals surface area contributed by atoms with E-state index >= 15 is 0 Å². The lowest BCUT2D eigenvalue weighted by molar-refractivity contribution is -0.123. The maximum absolute atomic E-state index is 11.6. The molecule has 1 aliphatic rings. The van der Waals surface area contributed by atoms with Crippen LogP contribution in [-0.4, -0.2) is 11.8 Å². The average Bonchev–Trinajstić information content (AvgIpc) is 2.53. The molecule has 2 unspecified atom stereocenters. The van der Waals surface area contributed by atoms with Crippen molar-refractivity contribution >= 4 is 23.2 Å². The number of amides is 2. The number of fused-ring (bicyclic) bond motifs is 1. The van der Waals surface area contributed by atoms with Crippen molar-refractivity contribution in [1.29, 1.82) is 0 Å². The topological polar surface area (TPSA) is 84.2 Å². The molecule has 2 atom stereocenters. The van der Waals surface area contributed by atoms with Gasteiger partial charge in [-0.2, -0.15) is 0 Å². The molecule has 5 heteroatoms. The van der Waals surface area contributed by atoms with E-state index in [-0.39, 0.29) is 24.3 Å². The van der Waals surface area contributed by atoms with Crippen LogP contribution in [0, 0.1) is 5.92 Å². The van der Waals surface area contributed by atoms with E-state index in [9.17, 15) is 9.59 Å². The lowest BCUT2D eigenvalue weighted by atomic mass is 9.94. The third-order valence-electron chi connectivity index (χ3n) is 3.69. The second kappa shape index (κ2) is 6.05. The van der Waals surface area contributed by atoms with Gasteiger partial charge in [-0.3, -0.25) is 9.59 Å². The van der Waals surface area contributed by atoms with E-state index in [1.165, 1.54) is 0 Å². The van der Waals surface area contributed by atoms with E-state index in [1.807, 2.05) is 12.1 Å². The number of nitrogens with two attached hydrogens (primary N) is 1. The highest BCUT2D eigenvalue weighted by Crippen LogP contribution is 2.29. The number of hydrogen-bond donors (Lipinski definition) is 3. The molecule has 0 aliphatic carbocycles. The lowest BCUT2D eigenvalue weighted by Gasteiger charge is -2.18. The minimum Gasteiger partial charge on any atom is -0.324 e. The molecule has 0 aromatic heterocycles. The molecule has 0 fully saturated rings. The Morgan fingerprint density at radius 1 is 1.20 bits per heavy atom. The van der Waals surface area contributed by atoms with Gasteiger partial charge in [0.1, 0.15) is 6.42 Å². The van der Waals surface area contributed by atoms with E-state index in [0.717, 1.165) is 18.4 Å². The maximum Gasteiger partial charge on any atom is 0.233 e. The number of anilines is 2. The van der Waals surface area contributed by atoms with Crippen molar-refractivity contribution in [3.8, 4) is 0 Å². The summed E-state index contributed by atoms with van der Waals surface area (Å²) in [5.74, 6) is -0.0371. The van der Waals surface area contributed by atoms with Gasteiger partial charge in [0.15, 0.2) is 0 Å². The van der Waals surface area contributed by atoms with Crippen LogP contribution < -0.4 is 16.4 Å². The second-order valence-corrected chi connectivity index (χ2v) is 5.43. The number of hydrogen-bond acceptors (Lipinski definition) is 3. The van der Waals surface area contributed by atoms with Gasteiger partial charge in [0.2, 0.25) is 11.8 Å². The van der Waals surface area contributed by atoms with Gasteiger partial charge in [0, 0.05) is 6.04 Å². The summed E-state index contributed by atoms with van der Waals surface area (Å²) in [7, 11) is 0. The number of carbonyl (C=O) groups excluding carboxylic acids is 2. The highest BCUT2D eigenvalue weighted by Gasteiger charge is 2.19. The monoisotopic (exact) mass is 275 g/mol. The van der Waals surface area contributed by atoms with Crippen molar-refractivity contribution in [2.75, 3.05) is 10.6 Å². The van der Waals surface area contributed by atoms with Crippen LogP contribution in [0.15, 0.2) is 18.2 Å². The minimum absolute atomic E-state index is 0.0638. The van der Waals surface area contributed by atoms with Crippen molar-refractivity contribution in [2.24, 2.45) is 11.7 Å². The molecule has 1 aliphatic heterocycles. The molecular formula is C15H21N3O2. The summed E-state index contributed by atoms with van der Waals surface area (Å²) in [5.41, 5.74) is 8.43. The Bertz CT molecular complexity index is 528. The highest BCUT2D eigenvalue weighted by molar-refractivity contribution is 6.13. The molecule has 2 rings (SSSR count). The van der Waals surface area contributed by atoms with Crippen molar-refractivity contribution in [3.05, 3.63) is 23.8 Å². The second-order valence-electron chi connectivity index (χ2n) is 5.43. The molecule has 0 saturated carbocycles. The fourth-order valence-corrected chi connectivity index (χ4v) is 2.28. The number of benzene rings is 1. The molecule has 108 valence electrons. The van der Waals surface area contributed by atoms with Gasteiger partial charge in [0.05, 0.1) is 11.4 Å². The first kappa shape index (κ1) is 14.5. The first-order chi connectivity index (χ1) is 9.49. The summed E-state index contributed by atoms with van der Waals surface area (Å²) >= 11 is 0. The summed E-state index contributed by atoms with van der Waals surface area (Å²) < 4.78 is 0. The van der Waals surface area contributed by atoms with Crippen molar-refractivity contribution in [1.82, 2.24) is 0 Å². The average molecular weight is 275 g/mol.